The standard InChI is InChI=1S/C13H16ClN3O2/c1-15-8-4-7-11-16-12(13(18)19-2)9-5-3-6-10(14)17(9)11/h3,5-6,15H,4,7-8H2,1-2H3. The zero-order valence-electron chi connectivity index (χ0n) is 10.9. The van der Waals surface area contributed by atoms with E-state index in [9.17, 15) is 4.79 Å². The van der Waals surface area contributed by atoms with Crippen LogP contribution in [0, 0.1) is 0 Å². The van der Waals surface area contributed by atoms with Gasteiger partial charge in [0.25, 0.3) is 0 Å². The number of aromatic nitrogens is 2. The Bertz CT molecular complexity index is 595. The average molecular weight is 282 g/mol. The number of methoxy groups -OCH3 is 1. The summed E-state index contributed by atoms with van der Waals surface area (Å²) < 4.78 is 6.55. The Morgan fingerprint density at radius 2 is 2.32 bits per heavy atom. The Morgan fingerprint density at radius 3 is 3.00 bits per heavy atom. The molecular formula is C13H16ClN3O2. The number of carbonyl (C=O) groups excluding carboxylic acids is 1. The van der Waals surface area contributed by atoms with Crippen molar-refractivity contribution in [2.45, 2.75) is 12.8 Å². The number of rotatable bonds is 5. The summed E-state index contributed by atoms with van der Waals surface area (Å²) in [5.41, 5.74) is 0.989. The number of aryl methyl sites for hydroxylation is 1. The van der Waals surface area contributed by atoms with E-state index in [1.165, 1.54) is 7.11 Å². The minimum atomic E-state index is -0.445. The fourth-order valence-corrected chi connectivity index (χ4v) is 2.27. The number of hydrogen-bond acceptors (Lipinski definition) is 4. The first kappa shape index (κ1) is 13.8. The van der Waals surface area contributed by atoms with Gasteiger partial charge in [-0.05, 0) is 32.1 Å². The number of carbonyl (C=O) groups is 1. The molecule has 0 atom stereocenters. The maximum Gasteiger partial charge on any atom is 0.358 e. The van der Waals surface area contributed by atoms with Crippen molar-refractivity contribution in [2.75, 3.05) is 20.7 Å². The number of imidazole rings is 1. The monoisotopic (exact) mass is 281 g/mol. The summed E-state index contributed by atoms with van der Waals surface area (Å²) in [6.45, 7) is 0.882. The molecule has 0 aliphatic rings. The van der Waals surface area contributed by atoms with Crippen molar-refractivity contribution in [1.82, 2.24) is 14.7 Å². The third-order valence-corrected chi connectivity index (χ3v) is 3.18. The molecule has 19 heavy (non-hydrogen) atoms. The lowest BCUT2D eigenvalue weighted by Gasteiger charge is -2.03. The topological polar surface area (TPSA) is 55.6 Å². The number of nitrogens with zero attached hydrogens (tertiary/aromatic N) is 2. The van der Waals surface area contributed by atoms with Crippen LogP contribution in [0.3, 0.4) is 0 Å². The maximum absolute atomic E-state index is 11.7. The predicted molar refractivity (Wildman–Crippen MR) is 73.8 cm³/mol. The van der Waals surface area contributed by atoms with E-state index in [2.05, 4.69) is 10.3 Å². The summed E-state index contributed by atoms with van der Waals surface area (Å²) in [4.78, 5) is 16.1. The number of ether oxygens (including phenoxy) is 1. The van der Waals surface area contributed by atoms with Crippen molar-refractivity contribution in [1.29, 1.82) is 0 Å². The highest BCUT2D eigenvalue weighted by Crippen LogP contribution is 2.20. The van der Waals surface area contributed by atoms with Gasteiger partial charge in [0.1, 0.15) is 11.0 Å². The summed E-state index contributed by atoms with van der Waals surface area (Å²) in [5, 5.41) is 3.62. The Balaban J connectivity index is 2.48. The largest absolute Gasteiger partial charge is 0.464 e. The summed E-state index contributed by atoms with van der Waals surface area (Å²) in [5.74, 6) is 0.330. The van der Waals surface area contributed by atoms with E-state index in [0.717, 1.165) is 25.2 Å². The Labute approximate surface area is 116 Å². The van der Waals surface area contributed by atoms with Crippen molar-refractivity contribution in [3.05, 3.63) is 34.9 Å². The van der Waals surface area contributed by atoms with Gasteiger partial charge in [-0.25, -0.2) is 9.78 Å². The van der Waals surface area contributed by atoms with Crippen LogP contribution in [0.25, 0.3) is 5.52 Å². The SMILES string of the molecule is CNCCCc1nc(C(=O)OC)c2cccc(Cl)n12. The van der Waals surface area contributed by atoms with Gasteiger partial charge in [0.05, 0.1) is 12.6 Å². The van der Waals surface area contributed by atoms with Crippen LogP contribution in [0.4, 0.5) is 0 Å². The minimum absolute atomic E-state index is 0.310. The number of esters is 1. The lowest BCUT2D eigenvalue weighted by atomic mass is 10.3. The van der Waals surface area contributed by atoms with Crippen LogP contribution in [0.15, 0.2) is 18.2 Å². The first-order valence-electron chi connectivity index (χ1n) is 6.07. The second kappa shape index (κ2) is 6.04. The Kier molecular flexibility index (Phi) is 4.39. The normalized spacial score (nSPS) is 10.9. The van der Waals surface area contributed by atoms with Gasteiger partial charge >= 0.3 is 5.97 Å². The molecule has 0 aliphatic carbocycles. The molecule has 6 heteroatoms. The van der Waals surface area contributed by atoms with Crippen LogP contribution in [-0.4, -0.2) is 36.1 Å². The van der Waals surface area contributed by atoms with Crippen LogP contribution >= 0.6 is 11.6 Å². The minimum Gasteiger partial charge on any atom is -0.464 e. The number of hydrogen-bond donors (Lipinski definition) is 1. The molecule has 0 unspecified atom stereocenters. The number of fused-ring (bicyclic) bond motifs is 1. The molecule has 0 radical (unpaired) electrons. The fourth-order valence-electron chi connectivity index (χ4n) is 2.00. The van der Waals surface area contributed by atoms with Gasteiger partial charge in [-0.3, -0.25) is 4.40 Å². The first-order valence-corrected chi connectivity index (χ1v) is 6.45. The molecule has 2 aromatic heterocycles. The van der Waals surface area contributed by atoms with Crippen LogP contribution in [0.1, 0.15) is 22.7 Å². The van der Waals surface area contributed by atoms with Gasteiger partial charge in [0.15, 0.2) is 5.69 Å². The molecular weight excluding hydrogens is 266 g/mol. The predicted octanol–water partition coefficient (Wildman–Crippen LogP) is 1.93. The molecule has 0 aliphatic heterocycles. The van der Waals surface area contributed by atoms with E-state index >= 15 is 0 Å². The van der Waals surface area contributed by atoms with Gasteiger partial charge in [0.2, 0.25) is 0 Å². The van der Waals surface area contributed by atoms with Crippen molar-refractivity contribution >= 4 is 23.1 Å². The lowest BCUT2D eigenvalue weighted by Crippen LogP contribution is -2.09. The quantitative estimate of drug-likeness (QED) is 0.517. The second-order valence-electron chi connectivity index (χ2n) is 4.14. The summed E-state index contributed by atoms with van der Waals surface area (Å²) in [7, 11) is 3.25. The van der Waals surface area contributed by atoms with E-state index < -0.39 is 5.97 Å². The fraction of sp³-hybridized carbons (Fsp3) is 0.385. The van der Waals surface area contributed by atoms with E-state index in [-0.39, 0.29) is 0 Å². The molecule has 2 heterocycles. The van der Waals surface area contributed by atoms with Crippen LogP contribution in [0.2, 0.25) is 5.15 Å². The van der Waals surface area contributed by atoms with Crippen LogP contribution in [-0.2, 0) is 11.2 Å². The van der Waals surface area contributed by atoms with Crippen molar-refractivity contribution in [3.8, 4) is 0 Å². The molecule has 2 rings (SSSR count). The third kappa shape index (κ3) is 2.72. The summed E-state index contributed by atoms with van der Waals surface area (Å²) >= 11 is 6.19. The maximum atomic E-state index is 11.7. The highest BCUT2D eigenvalue weighted by molar-refractivity contribution is 6.29. The Hall–Kier alpha value is -1.59. The molecule has 2 aromatic rings. The number of pyridine rings is 1. The van der Waals surface area contributed by atoms with Gasteiger partial charge in [-0.2, -0.15) is 0 Å². The van der Waals surface area contributed by atoms with Crippen LogP contribution < -0.4 is 5.32 Å². The molecule has 0 spiro atoms. The smallest absolute Gasteiger partial charge is 0.358 e. The second-order valence-corrected chi connectivity index (χ2v) is 4.53. The number of nitrogens with one attached hydrogen (secondary N) is 1. The molecule has 0 aromatic carbocycles. The molecule has 0 saturated heterocycles. The summed E-state index contributed by atoms with van der Waals surface area (Å²) in [6, 6.07) is 5.38. The number of halogens is 1. The van der Waals surface area contributed by atoms with E-state index in [1.54, 1.807) is 16.5 Å². The van der Waals surface area contributed by atoms with E-state index in [0.29, 0.717) is 16.4 Å². The van der Waals surface area contributed by atoms with Gasteiger partial charge in [-0.1, -0.05) is 17.7 Å². The lowest BCUT2D eigenvalue weighted by molar-refractivity contribution is 0.0597. The van der Waals surface area contributed by atoms with Crippen molar-refractivity contribution < 1.29 is 9.53 Å². The van der Waals surface area contributed by atoms with Crippen molar-refractivity contribution in [3.63, 3.8) is 0 Å². The summed E-state index contributed by atoms with van der Waals surface area (Å²) in [6.07, 6.45) is 1.66. The average Bonchev–Trinajstić information content (AvgIpc) is 2.79. The van der Waals surface area contributed by atoms with Gasteiger partial charge in [-0.15, -0.1) is 0 Å². The van der Waals surface area contributed by atoms with Crippen LogP contribution in [0.5, 0.6) is 0 Å². The molecule has 0 saturated carbocycles. The zero-order valence-corrected chi connectivity index (χ0v) is 11.7. The highest BCUT2D eigenvalue weighted by Gasteiger charge is 2.18. The first-order chi connectivity index (χ1) is 9.19. The zero-order chi connectivity index (χ0) is 13.8. The molecule has 0 bridgehead atoms. The third-order valence-electron chi connectivity index (χ3n) is 2.89. The van der Waals surface area contributed by atoms with E-state index in [4.69, 9.17) is 16.3 Å². The molecule has 5 nitrogen and oxygen atoms in total. The van der Waals surface area contributed by atoms with E-state index in [1.807, 2.05) is 13.1 Å². The highest BCUT2D eigenvalue weighted by atomic mass is 35.5. The molecule has 0 fully saturated rings. The van der Waals surface area contributed by atoms with Gasteiger partial charge < -0.3 is 10.1 Å². The Morgan fingerprint density at radius 1 is 1.53 bits per heavy atom. The van der Waals surface area contributed by atoms with Crippen molar-refractivity contribution in [2.24, 2.45) is 0 Å². The van der Waals surface area contributed by atoms with Gasteiger partial charge in [0, 0.05) is 6.42 Å². The molecule has 1 N–H and O–H groups in total. The molecule has 102 valence electrons. The molecule has 0 amide bonds.